The zero-order chi connectivity index (χ0) is 9.84. The average Bonchev–Trinajstić information content (AvgIpc) is 2.42. The van der Waals surface area contributed by atoms with Crippen LogP contribution < -0.4 is 5.73 Å². The van der Waals surface area contributed by atoms with Crippen LogP contribution in [0.2, 0.25) is 0 Å². The number of ketones is 1. The lowest BCUT2D eigenvalue weighted by Gasteiger charge is -1.99. The van der Waals surface area contributed by atoms with Crippen LogP contribution in [-0.2, 0) is 7.05 Å². The Morgan fingerprint density at radius 1 is 1.69 bits per heavy atom. The first-order valence-electron chi connectivity index (χ1n) is 3.95. The Hall–Kier alpha value is -0.750. The molecule has 0 spiro atoms. The fourth-order valence-corrected chi connectivity index (χ4v) is 1.56. The first-order chi connectivity index (χ1) is 6.16. The smallest absolute Gasteiger partial charge is 0.183 e. The van der Waals surface area contributed by atoms with Gasteiger partial charge in [-0.15, -0.1) is 5.10 Å². The monoisotopic (exact) mass is 246 g/mol. The predicted molar refractivity (Wildman–Crippen MR) is 51.3 cm³/mol. The van der Waals surface area contributed by atoms with Crippen molar-refractivity contribution in [2.45, 2.75) is 12.8 Å². The van der Waals surface area contributed by atoms with Crippen molar-refractivity contribution < 1.29 is 4.79 Å². The molecule has 1 aromatic rings. The molecule has 0 saturated heterocycles. The molecule has 0 aliphatic heterocycles. The SMILES string of the molecule is Cn1nnc(Br)c1C(=O)CCCN. The largest absolute Gasteiger partial charge is 0.330 e. The van der Waals surface area contributed by atoms with E-state index in [4.69, 9.17) is 5.73 Å². The van der Waals surface area contributed by atoms with Crippen molar-refractivity contribution in [3.05, 3.63) is 10.3 Å². The highest BCUT2D eigenvalue weighted by Crippen LogP contribution is 2.14. The van der Waals surface area contributed by atoms with Crippen LogP contribution in [0, 0.1) is 0 Å². The van der Waals surface area contributed by atoms with E-state index in [1.165, 1.54) is 4.68 Å². The molecule has 2 N–H and O–H groups in total. The van der Waals surface area contributed by atoms with Gasteiger partial charge in [0.1, 0.15) is 5.69 Å². The van der Waals surface area contributed by atoms with Gasteiger partial charge < -0.3 is 5.73 Å². The number of Topliss-reactive ketones (excluding diaryl/α,β-unsaturated/α-hetero) is 1. The minimum atomic E-state index is 0.0184. The molecule has 0 aliphatic carbocycles. The maximum absolute atomic E-state index is 11.5. The number of rotatable bonds is 4. The Morgan fingerprint density at radius 2 is 2.38 bits per heavy atom. The number of carbonyl (C=O) groups is 1. The summed E-state index contributed by atoms with van der Waals surface area (Å²) in [5.74, 6) is 0.0184. The summed E-state index contributed by atoms with van der Waals surface area (Å²) in [5, 5.41) is 7.44. The van der Waals surface area contributed by atoms with Crippen LogP contribution >= 0.6 is 15.9 Å². The van der Waals surface area contributed by atoms with Crippen molar-refractivity contribution in [1.29, 1.82) is 0 Å². The highest BCUT2D eigenvalue weighted by atomic mass is 79.9. The van der Waals surface area contributed by atoms with Crippen molar-refractivity contribution in [2.75, 3.05) is 6.54 Å². The molecule has 72 valence electrons. The first-order valence-corrected chi connectivity index (χ1v) is 4.74. The second-order valence-electron chi connectivity index (χ2n) is 2.67. The van der Waals surface area contributed by atoms with E-state index >= 15 is 0 Å². The molecule has 0 atom stereocenters. The van der Waals surface area contributed by atoms with Gasteiger partial charge in [0, 0.05) is 13.5 Å². The first kappa shape index (κ1) is 10.3. The second-order valence-corrected chi connectivity index (χ2v) is 3.42. The van der Waals surface area contributed by atoms with Crippen LogP contribution in [0.15, 0.2) is 4.60 Å². The molecule has 0 bridgehead atoms. The van der Waals surface area contributed by atoms with E-state index < -0.39 is 0 Å². The van der Waals surface area contributed by atoms with Gasteiger partial charge in [0.05, 0.1) is 0 Å². The minimum absolute atomic E-state index is 0.0184. The molecule has 0 aliphatic rings. The van der Waals surface area contributed by atoms with E-state index in [9.17, 15) is 4.79 Å². The Morgan fingerprint density at radius 3 is 2.85 bits per heavy atom. The van der Waals surface area contributed by atoms with E-state index in [0.29, 0.717) is 29.7 Å². The van der Waals surface area contributed by atoms with E-state index in [0.717, 1.165) is 0 Å². The number of aryl methyl sites for hydroxylation is 1. The Bertz CT molecular complexity index is 290. The molecular formula is C7H11BrN4O. The molecule has 5 nitrogen and oxygen atoms in total. The number of hydrogen-bond donors (Lipinski definition) is 1. The second kappa shape index (κ2) is 4.48. The third-order valence-electron chi connectivity index (χ3n) is 1.66. The lowest BCUT2D eigenvalue weighted by Crippen LogP contribution is -2.09. The molecule has 0 aromatic carbocycles. The molecule has 6 heteroatoms. The molecule has 0 saturated carbocycles. The van der Waals surface area contributed by atoms with Crippen LogP contribution in [0.25, 0.3) is 0 Å². The Kier molecular flexibility index (Phi) is 3.56. The molecular weight excluding hydrogens is 236 g/mol. The minimum Gasteiger partial charge on any atom is -0.330 e. The molecule has 13 heavy (non-hydrogen) atoms. The number of aromatic nitrogens is 3. The van der Waals surface area contributed by atoms with E-state index in [1.54, 1.807) is 7.05 Å². The third-order valence-corrected chi connectivity index (χ3v) is 2.19. The van der Waals surface area contributed by atoms with Crippen LogP contribution in [-0.4, -0.2) is 27.3 Å². The maximum Gasteiger partial charge on any atom is 0.183 e. The predicted octanol–water partition coefficient (Wildman–Crippen LogP) is 0.499. The zero-order valence-corrected chi connectivity index (χ0v) is 8.91. The summed E-state index contributed by atoms with van der Waals surface area (Å²) in [5.41, 5.74) is 5.81. The summed E-state index contributed by atoms with van der Waals surface area (Å²) in [6.45, 7) is 0.522. The number of halogens is 1. The summed E-state index contributed by atoms with van der Waals surface area (Å²) >= 11 is 3.16. The van der Waals surface area contributed by atoms with Gasteiger partial charge in [-0.25, -0.2) is 4.68 Å². The summed E-state index contributed by atoms with van der Waals surface area (Å²) in [4.78, 5) is 11.5. The average molecular weight is 247 g/mol. The van der Waals surface area contributed by atoms with Crippen molar-refractivity contribution >= 4 is 21.7 Å². The normalized spacial score (nSPS) is 10.4. The maximum atomic E-state index is 11.5. The number of carbonyl (C=O) groups excluding carboxylic acids is 1. The lowest BCUT2D eigenvalue weighted by molar-refractivity contribution is 0.0971. The highest BCUT2D eigenvalue weighted by molar-refractivity contribution is 9.10. The number of nitrogens with two attached hydrogens (primary N) is 1. The van der Waals surface area contributed by atoms with Crippen molar-refractivity contribution in [1.82, 2.24) is 15.0 Å². The summed E-state index contributed by atoms with van der Waals surface area (Å²) in [6.07, 6.45) is 1.13. The summed E-state index contributed by atoms with van der Waals surface area (Å²) in [7, 11) is 1.69. The van der Waals surface area contributed by atoms with Gasteiger partial charge in [0.2, 0.25) is 0 Å². The quantitative estimate of drug-likeness (QED) is 0.786. The molecule has 0 unspecified atom stereocenters. The fourth-order valence-electron chi connectivity index (χ4n) is 1.01. The van der Waals surface area contributed by atoms with Gasteiger partial charge in [-0.2, -0.15) is 0 Å². The highest BCUT2D eigenvalue weighted by Gasteiger charge is 2.15. The van der Waals surface area contributed by atoms with Gasteiger partial charge >= 0.3 is 0 Å². The Labute approximate surface area is 84.4 Å². The fraction of sp³-hybridized carbons (Fsp3) is 0.571. The van der Waals surface area contributed by atoms with E-state index in [2.05, 4.69) is 26.2 Å². The van der Waals surface area contributed by atoms with Crippen LogP contribution in [0.1, 0.15) is 23.3 Å². The molecule has 1 rings (SSSR count). The number of nitrogens with zero attached hydrogens (tertiary/aromatic N) is 3. The molecule has 1 heterocycles. The van der Waals surface area contributed by atoms with Crippen LogP contribution in [0.5, 0.6) is 0 Å². The van der Waals surface area contributed by atoms with Crippen molar-refractivity contribution in [3.8, 4) is 0 Å². The standard InChI is InChI=1S/C7H11BrN4O/c1-12-6(7(8)10-11-12)5(13)3-2-4-9/h2-4,9H2,1H3. The van der Waals surface area contributed by atoms with Gasteiger partial charge in [-0.1, -0.05) is 5.21 Å². The molecule has 0 fully saturated rings. The molecule has 0 radical (unpaired) electrons. The van der Waals surface area contributed by atoms with E-state index in [-0.39, 0.29) is 5.78 Å². The molecule has 0 amide bonds. The summed E-state index contributed by atoms with van der Waals surface area (Å²) < 4.78 is 1.96. The van der Waals surface area contributed by atoms with Crippen LogP contribution in [0.4, 0.5) is 0 Å². The zero-order valence-electron chi connectivity index (χ0n) is 7.33. The molecule has 1 aromatic heterocycles. The van der Waals surface area contributed by atoms with E-state index in [1.807, 2.05) is 0 Å². The van der Waals surface area contributed by atoms with Crippen molar-refractivity contribution in [2.24, 2.45) is 12.8 Å². The van der Waals surface area contributed by atoms with Gasteiger partial charge in [-0.3, -0.25) is 4.79 Å². The van der Waals surface area contributed by atoms with Gasteiger partial charge in [-0.05, 0) is 28.9 Å². The van der Waals surface area contributed by atoms with Gasteiger partial charge in [0.15, 0.2) is 10.4 Å². The third kappa shape index (κ3) is 2.35. The summed E-state index contributed by atoms with van der Waals surface area (Å²) in [6, 6.07) is 0. The van der Waals surface area contributed by atoms with Crippen molar-refractivity contribution in [3.63, 3.8) is 0 Å². The van der Waals surface area contributed by atoms with Gasteiger partial charge in [0.25, 0.3) is 0 Å². The van der Waals surface area contributed by atoms with Crippen LogP contribution in [0.3, 0.4) is 0 Å². The Balaban J connectivity index is 2.76. The topological polar surface area (TPSA) is 73.8 Å². The lowest BCUT2D eigenvalue weighted by atomic mass is 10.2. The number of hydrogen-bond acceptors (Lipinski definition) is 4.